The van der Waals surface area contributed by atoms with E-state index in [1.165, 1.54) is 0 Å². The van der Waals surface area contributed by atoms with Crippen LogP contribution in [-0.4, -0.2) is 29.3 Å². The molecule has 3 rings (SSSR count). The van der Waals surface area contributed by atoms with Crippen LogP contribution < -0.4 is 10.1 Å². The Balaban J connectivity index is 1.64. The summed E-state index contributed by atoms with van der Waals surface area (Å²) >= 11 is 0. The fraction of sp³-hybridized carbons (Fsp3) is 0.444. The lowest BCUT2D eigenvalue weighted by Gasteiger charge is -2.20. The number of ether oxygens (including phenoxy) is 1. The summed E-state index contributed by atoms with van der Waals surface area (Å²) in [7, 11) is 1.65. The van der Waals surface area contributed by atoms with E-state index in [9.17, 15) is 4.79 Å². The van der Waals surface area contributed by atoms with Gasteiger partial charge in [0.25, 0.3) is 0 Å². The maximum Gasteiger partial charge on any atom is 0.230 e. The van der Waals surface area contributed by atoms with Crippen molar-refractivity contribution in [2.24, 2.45) is 0 Å². The minimum Gasteiger partial charge on any atom is -0.497 e. The van der Waals surface area contributed by atoms with Crippen molar-refractivity contribution in [2.45, 2.75) is 44.6 Å². The maximum atomic E-state index is 12.7. The standard InChI is InChI=1S/C18H23N3O2/c1-12(10-15-11-13(2)20-21-15)19-17(22)18(8-9-18)14-4-6-16(23-3)7-5-14/h4-7,11-12H,8-10H2,1-3H3,(H,19,22)(H,20,21). The minimum absolute atomic E-state index is 0.0564. The Morgan fingerprint density at radius 2 is 2.09 bits per heavy atom. The Bertz CT molecular complexity index is 687. The van der Waals surface area contributed by atoms with E-state index in [0.29, 0.717) is 0 Å². The van der Waals surface area contributed by atoms with Crippen molar-refractivity contribution < 1.29 is 9.53 Å². The van der Waals surface area contributed by atoms with Gasteiger partial charge in [0.2, 0.25) is 5.91 Å². The van der Waals surface area contributed by atoms with Gasteiger partial charge in [0.05, 0.1) is 18.2 Å². The monoisotopic (exact) mass is 313 g/mol. The first kappa shape index (κ1) is 15.6. The Kier molecular flexibility index (Phi) is 4.11. The second kappa shape index (κ2) is 6.07. The summed E-state index contributed by atoms with van der Waals surface area (Å²) in [5.74, 6) is 0.926. The first-order chi connectivity index (χ1) is 11.0. The van der Waals surface area contributed by atoms with Gasteiger partial charge < -0.3 is 10.1 Å². The third-order valence-electron chi connectivity index (χ3n) is 4.48. The Labute approximate surface area is 136 Å². The number of aromatic amines is 1. The molecule has 1 amide bonds. The lowest BCUT2D eigenvalue weighted by Crippen LogP contribution is -2.41. The topological polar surface area (TPSA) is 67.0 Å². The molecule has 122 valence electrons. The molecule has 5 heteroatoms. The van der Waals surface area contributed by atoms with E-state index >= 15 is 0 Å². The maximum absolute atomic E-state index is 12.7. The fourth-order valence-electron chi connectivity index (χ4n) is 2.99. The number of hydrogen-bond acceptors (Lipinski definition) is 3. The number of nitrogens with one attached hydrogen (secondary N) is 2. The van der Waals surface area contributed by atoms with Gasteiger partial charge >= 0.3 is 0 Å². The van der Waals surface area contributed by atoms with Gasteiger partial charge in [-0.05, 0) is 50.5 Å². The predicted molar refractivity (Wildman–Crippen MR) is 88.5 cm³/mol. The number of nitrogens with zero attached hydrogens (tertiary/aromatic N) is 1. The molecule has 2 N–H and O–H groups in total. The molecule has 1 aliphatic carbocycles. The SMILES string of the molecule is COc1ccc(C2(C(=O)NC(C)Cc3cc(C)[nH]n3)CC2)cc1. The zero-order valence-electron chi connectivity index (χ0n) is 13.8. The van der Waals surface area contributed by atoms with Crippen molar-refractivity contribution in [3.63, 3.8) is 0 Å². The molecule has 2 aromatic rings. The van der Waals surface area contributed by atoms with Crippen LogP contribution in [0, 0.1) is 6.92 Å². The van der Waals surface area contributed by atoms with E-state index in [-0.39, 0.29) is 17.4 Å². The lowest BCUT2D eigenvalue weighted by atomic mass is 9.94. The Morgan fingerprint density at radius 1 is 1.39 bits per heavy atom. The van der Waals surface area contributed by atoms with Crippen molar-refractivity contribution in [3.8, 4) is 5.75 Å². The second-order valence-electron chi connectivity index (χ2n) is 6.43. The molecule has 5 nitrogen and oxygen atoms in total. The van der Waals surface area contributed by atoms with Gasteiger partial charge in [0.1, 0.15) is 5.75 Å². The number of H-pyrrole nitrogens is 1. The number of benzene rings is 1. The van der Waals surface area contributed by atoms with Crippen molar-refractivity contribution in [3.05, 3.63) is 47.3 Å². The summed E-state index contributed by atoms with van der Waals surface area (Å²) in [6.07, 6.45) is 2.54. The van der Waals surface area contributed by atoms with Crippen molar-refractivity contribution in [1.82, 2.24) is 15.5 Å². The van der Waals surface area contributed by atoms with Crippen LogP contribution in [0.3, 0.4) is 0 Å². The van der Waals surface area contributed by atoms with Crippen molar-refractivity contribution in [1.29, 1.82) is 0 Å². The van der Waals surface area contributed by atoms with Crippen molar-refractivity contribution in [2.75, 3.05) is 7.11 Å². The number of amides is 1. The van der Waals surface area contributed by atoms with Crippen LogP contribution >= 0.6 is 0 Å². The Morgan fingerprint density at radius 3 is 2.61 bits per heavy atom. The molecule has 1 aromatic heterocycles. The van der Waals surface area contributed by atoms with Gasteiger partial charge in [-0.2, -0.15) is 5.10 Å². The number of rotatable bonds is 6. The molecule has 0 radical (unpaired) electrons. The smallest absolute Gasteiger partial charge is 0.230 e. The summed E-state index contributed by atoms with van der Waals surface area (Å²) < 4.78 is 5.19. The molecule has 0 bridgehead atoms. The molecule has 1 saturated carbocycles. The first-order valence-corrected chi connectivity index (χ1v) is 8.00. The van der Waals surface area contributed by atoms with Crippen molar-refractivity contribution >= 4 is 5.91 Å². The molecule has 1 atom stereocenters. The number of methoxy groups -OCH3 is 1. The van der Waals surface area contributed by atoms with E-state index in [1.54, 1.807) is 7.11 Å². The van der Waals surface area contributed by atoms with Gasteiger partial charge in [-0.3, -0.25) is 9.89 Å². The third-order valence-corrected chi connectivity index (χ3v) is 4.48. The minimum atomic E-state index is -0.359. The summed E-state index contributed by atoms with van der Waals surface area (Å²) in [5, 5.41) is 10.3. The van der Waals surface area contributed by atoms with Crippen LogP contribution in [0.15, 0.2) is 30.3 Å². The molecular weight excluding hydrogens is 290 g/mol. The van der Waals surface area contributed by atoms with Crippen LogP contribution in [-0.2, 0) is 16.6 Å². The molecular formula is C18H23N3O2. The van der Waals surface area contributed by atoms with E-state index in [0.717, 1.165) is 42.0 Å². The normalized spacial score (nSPS) is 16.7. The van der Waals surface area contributed by atoms with Crippen LogP contribution in [0.1, 0.15) is 36.7 Å². The highest BCUT2D eigenvalue weighted by molar-refractivity contribution is 5.91. The zero-order chi connectivity index (χ0) is 16.4. The number of hydrogen-bond donors (Lipinski definition) is 2. The van der Waals surface area contributed by atoms with Crippen LogP contribution in [0.4, 0.5) is 0 Å². The molecule has 0 saturated heterocycles. The Hall–Kier alpha value is -2.30. The van der Waals surface area contributed by atoms with E-state index in [4.69, 9.17) is 4.74 Å². The van der Waals surface area contributed by atoms with Gasteiger partial charge in [-0.1, -0.05) is 12.1 Å². The van der Waals surface area contributed by atoms with Crippen LogP contribution in [0.5, 0.6) is 5.75 Å². The summed E-state index contributed by atoms with van der Waals surface area (Å²) in [5.41, 5.74) is 2.72. The highest BCUT2D eigenvalue weighted by Gasteiger charge is 2.51. The fourth-order valence-corrected chi connectivity index (χ4v) is 2.99. The molecule has 1 aliphatic rings. The molecule has 0 spiro atoms. The second-order valence-corrected chi connectivity index (χ2v) is 6.43. The van der Waals surface area contributed by atoms with E-state index < -0.39 is 0 Å². The number of aryl methyl sites for hydroxylation is 1. The lowest BCUT2D eigenvalue weighted by molar-refractivity contribution is -0.124. The number of carbonyl (C=O) groups excluding carboxylic acids is 1. The summed E-state index contributed by atoms with van der Waals surface area (Å²) in [6, 6.07) is 9.89. The largest absolute Gasteiger partial charge is 0.497 e. The van der Waals surface area contributed by atoms with Crippen LogP contribution in [0.25, 0.3) is 0 Å². The van der Waals surface area contributed by atoms with Gasteiger partial charge in [0.15, 0.2) is 0 Å². The zero-order valence-corrected chi connectivity index (χ0v) is 13.8. The summed E-state index contributed by atoms with van der Waals surface area (Å²) in [6.45, 7) is 3.99. The average Bonchev–Trinajstić information content (AvgIpc) is 3.26. The molecule has 23 heavy (non-hydrogen) atoms. The first-order valence-electron chi connectivity index (χ1n) is 8.00. The third kappa shape index (κ3) is 3.23. The predicted octanol–water partition coefficient (Wildman–Crippen LogP) is 2.51. The van der Waals surface area contributed by atoms with Gasteiger partial charge in [0, 0.05) is 18.2 Å². The molecule has 0 aliphatic heterocycles. The molecule has 1 fully saturated rings. The van der Waals surface area contributed by atoms with Gasteiger partial charge in [-0.25, -0.2) is 0 Å². The number of aromatic nitrogens is 2. The highest BCUT2D eigenvalue weighted by atomic mass is 16.5. The van der Waals surface area contributed by atoms with Gasteiger partial charge in [-0.15, -0.1) is 0 Å². The quantitative estimate of drug-likeness (QED) is 0.861. The summed E-state index contributed by atoms with van der Waals surface area (Å²) in [4.78, 5) is 12.7. The molecule has 1 unspecified atom stereocenters. The van der Waals surface area contributed by atoms with E-state index in [1.807, 2.05) is 44.2 Å². The van der Waals surface area contributed by atoms with Crippen LogP contribution in [0.2, 0.25) is 0 Å². The van der Waals surface area contributed by atoms with E-state index in [2.05, 4.69) is 15.5 Å². The number of carbonyl (C=O) groups is 1. The molecule has 1 aromatic carbocycles. The molecule has 1 heterocycles. The average molecular weight is 313 g/mol. The highest BCUT2D eigenvalue weighted by Crippen LogP contribution is 2.48.